The van der Waals surface area contributed by atoms with Gasteiger partial charge in [0.05, 0.1) is 11.4 Å². The van der Waals surface area contributed by atoms with Gasteiger partial charge in [0, 0.05) is 20.6 Å². The molecule has 0 aromatic carbocycles. The number of amides is 1. The van der Waals surface area contributed by atoms with E-state index >= 15 is 0 Å². The van der Waals surface area contributed by atoms with Gasteiger partial charge in [-0.2, -0.15) is 5.10 Å². The monoisotopic (exact) mass is 251 g/mol. The number of anilines is 2. The molecule has 0 aliphatic carbocycles. The van der Waals surface area contributed by atoms with E-state index in [1.165, 1.54) is 0 Å². The fourth-order valence-electron chi connectivity index (χ4n) is 2.31. The Hall–Kier alpha value is -1.72. The Balaban J connectivity index is 2.17. The highest BCUT2D eigenvalue weighted by Gasteiger charge is 2.30. The molecule has 2 heterocycles. The number of hydrogen-bond acceptors (Lipinski definition) is 4. The third-order valence-corrected chi connectivity index (χ3v) is 3.39. The molecule has 1 unspecified atom stereocenters. The Morgan fingerprint density at radius 2 is 2.22 bits per heavy atom. The molecule has 0 spiro atoms. The first-order chi connectivity index (χ1) is 8.54. The summed E-state index contributed by atoms with van der Waals surface area (Å²) >= 11 is 0. The summed E-state index contributed by atoms with van der Waals surface area (Å²) in [6, 6.07) is -0.179. The number of nitrogens with one attached hydrogen (secondary N) is 1. The first-order valence-electron chi connectivity index (χ1n) is 6.37. The largest absolute Gasteiger partial charge is 0.394 e. The molecule has 6 heteroatoms. The highest BCUT2D eigenvalue weighted by atomic mass is 16.2. The molecule has 0 bridgehead atoms. The van der Waals surface area contributed by atoms with Crippen LogP contribution in [0.4, 0.5) is 11.5 Å². The lowest BCUT2D eigenvalue weighted by molar-refractivity contribution is -0.127. The Morgan fingerprint density at radius 1 is 1.50 bits per heavy atom. The van der Waals surface area contributed by atoms with Gasteiger partial charge in [-0.1, -0.05) is 13.3 Å². The maximum Gasteiger partial charge on any atom is 0.244 e. The maximum atomic E-state index is 11.9. The summed E-state index contributed by atoms with van der Waals surface area (Å²) < 4.78 is 1.73. The molecule has 0 radical (unpaired) electrons. The van der Waals surface area contributed by atoms with Crippen molar-refractivity contribution < 1.29 is 4.79 Å². The van der Waals surface area contributed by atoms with Gasteiger partial charge in [-0.05, 0) is 12.8 Å². The van der Waals surface area contributed by atoms with Crippen LogP contribution in [0.3, 0.4) is 0 Å². The van der Waals surface area contributed by atoms with Crippen molar-refractivity contribution in [3.05, 3.63) is 5.69 Å². The van der Waals surface area contributed by atoms with Crippen LogP contribution in [-0.4, -0.2) is 40.2 Å². The van der Waals surface area contributed by atoms with Crippen LogP contribution < -0.4 is 11.1 Å². The van der Waals surface area contributed by atoms with Crippen molar-refractivity contribution in [3.8, 4) is 0 Å². The minimum Gasteiger partial charge on any atom is -0.394 e. The van der Waals surface area contributed by atoms with Crippen LogP contribution in [0, 0.1) is 0 Å². The summed E-state index contributed by atoms with van der Waals surface area (Å²) in [5, 5.41) is 7.61. The minimum atomic E-state index is -0.179. The highest BCUT2D eigenvalue weighted by Crippen LogP contribution is 2.25. The summed E-state index contributed by atoms with van der Waals surface area (Å²) in [6.07, 6.45) is 2.68. The number of likely N-dealkylation sites (tertiary alicyclic amines) is 1. The number of nitrogen functional groups attached to an aromatic ring is 1. The van der Waals surface area contributed by atoms with Crippen molar-refractivity contribution in [2.75, 3.05) is 24.6 Å². The van der Waals surface area contributed by atoms with Crippen molar-refractivity contribution in [2.24, 2.45) is 7.05 Å². The van der Waals surface area contributed by atoms with Gasteiger partial charge in [0.1, 0.15) is 11.9 Å². The number of hydrogen-bond donors (Lipinski definition) is 2. The smallest absolute Gasteiger partial charge is 0.244 e. The van der Waals surface area contributed by atoms with Crippen LogP contribution in [0.2, 0.25) is 0 Å². The molecule has 0 saturated carbocycles. The number of carbonyl (C=O) groups is 1. The van der Waals surface area contributed by atoms with Gasteiger partial charge in [-0.3, -0.25) is 9.48 Å². The van der Waals surface area contributed by atoms with E-state index in [1.54, 1.807) is 9.58 Å². The number of aryl methyl sites for hydroxylation is 2. The van der Waals surface area contributed by atoms with Crippen LogP contribution in [0.1, 0.15) is 25.5 Å². The average molecular weight is 251 g/mol. The van der Waals surface area contributed by atoms with Gasteiger partial charge in [-0.15, -0.1) is 0 Å². The van der Waals surface area contributed by atoms with Crippen LogP contribution in [0.15, 0.2) is 0 Å². The third kappa shape index (κ3) is 2.14. The van der Waals surface area contributed by atoms with Crippen LogP contribution in [0.25, 0.3) is 0 Å². The summed E-state index contributed by atoms with van der Waals surface area (Å²) in [7, 11) is 3.67. The molecule has 1 amide bonds. The Labute approximate surface area is 107 Å². The molecular formula is C12H21N5O. The normalized spacial score (nSPS) is 19.6. The van der Waals surface area contributed by atoms with E-state index in [1.807, 2.05) is 14.1 Å². The molecule has 1 aromatic heterocycles. The molecule has 2 rings (SSSR count). The zero-order valence-corrected chi connectivity index (χ0v) is 11.2. The topological polar surface area (TPSA) is 76.2 Å². The van der Waals surface area contributed by atoms with Crippen molar-refractivity contribution in [1.29, 1.82) is 0 Å². The molecule has 1 saturated heterocycles. The second kappa shape index (κ2) is 4.88. The van der Waals surface area contributed by atoms with Crippen LogP contribution in [-0.2, 0) is 18.3 Å². The lowest BCUT2D eigenvalue weighted by Gasteiger charge is -2.14. The molecule has 1 aliphatic rings. The molecule has 1 fully saturated rings. The molecule has 1 aliphatic heterocycles. The van der Waals surface area contributed by atoms with E-state index < -0.39 is 0 Å². The third-order valence-electron chi connectivity index (χ3n) is 3.39. The van der Waals surface area contributed by atoms with E-state index in [0.29, 0.717) is 5.69 Å². The SMILES string of the molecule is CCCc1nn(C)c(NC2CCN(C)C2=O)c1N. The zero-order valence-electron chi connectivity index (χ0n) is 11.2. The lowest BCUT2D eigenvalue weighted by atomic mass is 10.2. The van der Waals surface area contributed by atoms with Crippen molar-refractivity contribution in [1.82, 2.24) is 14.7 Å². The number of aromatic nitrogens is 2. The van der Waals surface area contributed by atoms with E-state index in [0.717, 1.165) is 37.3 Å². The van der Waals surface area contributed by atoms with E-state index in [9.17, 15) is 4.79 Å². The van der Waals surface area contributed by atoms with Crippen molar-refractivity contribution >= 4 is 17.4 Å². The molecule has 3 N–H and O–H groups in total. The standard InChI is InChI=1S/C12H21N5O/c1-4-5-8-10(13)11(17(3)15-8)14-9-6-7-16(2)12(9)18/h9,14H,4-7,13H2,1-3H3. The van der Waals surface area contributed by atoms with E-state index in [4.69, 9.17) is 5.73 Å². The second-order valence-electron chi connectivity index (χ2n) is 4.83. The number of nitrogens with zero attached hydrogens (tertiary/aromatic N) is 3. The van der Waals surface area contributed by atoms with Gasteiger partial charge in [-0.25, -0.2) is 0 Å². The van der Waals surface area contributed by atoms with Crippen LogP contribution in [0.5, 0.6) is 0 Å². The minimum absolute atomic E-state index is 0.118. The van der Waals surface area contributed by atoms with E-state index in [2.05, 4.69) is 17.3 Å². The molecular weight excluding hydrogens is 230 g/mol. The fourth-order valence-corrected chi connectivity index (χ4v) is 2.31. The van der Waals surface area contributed by atoms with Crippen molar-refractivity contribution in [2.45, 2.75) is 32.2 Å². The molecule has 1 aromatic rings. The first-order valence-corrected chi connectivity index (χ1v) is 6.37. The van der Waals surface area contributed by atoms with Gasteiger partial charge < -0.3 is 16.0 Å². The Bertz CT molecular complexity index is 454. The van der Waals surface area contributed by atoms with Crippen molar-refractivity contribution in [3.63, 3.8) is 0 Å². The van der Waals surface area contributed by atoms with Gasteiger partial charge in [0.2, 0.25) is 5.91 Å². The number of rotatable bonds is 4. The predicted molar refractivity (Wildman–Crippen MR) is 71.3 cm³/mol. The maximum absolute atomic E-state index is 11.9. The summed E-state index contributed by atoms with van der Waals surface area (Å²) in [6.45, 7) is 2.88. The fraction of sp³-hybridized carbons (Fsp3) is 0.667. The number of likely N-dealkylation sites (N-methyl/N-ethyl adjacent to an activating group) is 1. The second-order valence-corrected chi connectivity index (χ2v) is 4.83. The number of carbonyl (C=O) groups excluding carboxylic acids is 1. The Morgan fingerprint density at radius 3 is 2.78 bits per heavy atom. The molecule has 6 nitrogen and oxygen atoms in total. The van der Waals surface area contributed by atoms with E-state index in [-0.39, 0.29) is 11.9 Å². The average Bonchev–Trinajstić information content (AvgIpc) is 2.78. The molecule has 100 valence electrons. The summed E-state index contributed by atoms with van der Waals surface area (Å²) in [5.74, 6) is 0.875. The van der Waals surface area contributed by atoms with Gasteiger partial charge in [0.25, 0.3) is 0 Å². The first kappa shape index (κ1) is 12.7. The summed E-state index contributed by atoms with van der Waals surface area (Å²) in [5.41, 5.74) is 7.65. The highest BCUT2D eigenvalue weighted by molar-refractivity contribution is 5.87. The van der Waals surface area contributed by atoms with Gasteiger partial charge in [0.15, 0.2) is 0 Å². The van der Waals surface area contributed by atoms with Gasteiger partial charge >= 0.3 is 0 Å². The lowest BCUT2D eigenvalue weighted by Crippen LogP contribution is -2.31. The summed E-state index contributed by atoms with van der Waals surface area (Å²) in [4.78, 5) is 13.6. The predicted octanol–water partition coefficient (Wildman–Crippen LogP) is 0.597. The van der Waals surface area contributed by atoms with Crippen LogP contribution >= 0.6 is 0 Å². The number of nitrogens with two attached hydrogens (primary N) is 1. The zero-order chi connectivity index (χ0) is 13.3. The quantitative estimate of drug-likeness (QED) is 0.821. The molecule has 1 atom stereocenters. The Kier molecular flexibility index (Phi) is 3.45. The molecule has 18 heavy (non-hydrogen) atoms.